The van der Waals surface area contributed by atoms with Crippen LogP contribution in [0.25, 0.3) is 0 Å². The molecule has 0 heterocycles. The Hall–Kier alpha value is -2.01. The number of benzene rings is 2. The second-order valence-electron chi connectivity index (χ2n) is 6.43. The molecule has 0 spiro atoms. The number of amides is 1. The summed E-state index contributed by atoms with van der Waals surface area (Å²) >= 11 is 3.51. The second-order valence-corrected chi connectivity index (χ2v) is 7.29. The van der Waals surface area contributed by atoms with Crippen molar-refractivity contribution in [3.05, 3.63) is 58.1 Å². The molecule has 0 fully saturated rings. The fourth-order valence-corrected chi connectivity index (χ4v) is 3.14. The average Bonchev–Trinajstić information content (AvgIpc) is 2.65. The minimum Gasteiger partial charge on any atom is -0.497 e. The Labute approximate surface area is 164 Å². The Bertz CT molecular complexity index is 729. The molecule has 1 amide bonds. The van der Waals surface area contributed by atoms with Crippen molar-refractivity contribution in [1.29, 1.82) is 0 Å². The number of hydrogen-bond acceptors (Lipinski definition) is 3. The summed E-state index contributed by atoms with van der Waals surface area (Å²) in [5.74, 6) is 1.76. The lowest BCUT2D eigenvalue weighted by Gasteiger charge is -2.18. The maximum absolute atomic E-state index is 12.3. The Morgan fingerprint density at radius 1 is 1.12 bits per heavy atom. The van der Waals surface area contributed by atoms with E-state index in [1.165, 1.54) is 5.56 Å². The molecule has 2 aromatic rings. The van der Waals surface area contributed by atoms with E-state index in [-0.39, 0.29) is 18.6 Å². The van der Waals surface area contributed by atoms with Gasteiger partial charge in [-0.05, 0) is 63.7 Å². The highest BCUT2D eigenvalue weighted by atomic mass is 79.9. The Morgan fingerprint density at radius 2 is 1.77 bits per heavy atom. The van der Waals surface area contributed by atoms with Crippen molar-refractivity contribution in [3.8, 4) is 11.5 Å². The smallest absolute Gasteiger partial charge is 0.258 e. The van der Waals surface area contributed by atoms with E-state index in [1.807, 2.05) is 49.4 Å². The van der Waals surface area contributed by atoms with E-state index in [4.69, 9.17) is 9.47 Å². The number of carbonyl (C=O) groups excluding carboxylic acids is 1. The zero-order valence-corrected chi connectivity index (χ0v) is 17.3. The van der Waals surface area contributed by atoms with Gasteiger partial charge in [0, 0.05) is 0 Å². The predicted octanol–water partition coefficient (Wildman–Crippen LogP) is 5.23. The van der Waals surface area contributed by atoms with Crippen LogP contribution in [-0.4, -0.2) is 19.6 Å². The fourth-order valence-electron chi connectivity index (χ4n) is 2.63. The first-order valence-corrected chi connectivity index (χ1v) is 9.59. The maximum atomic E-state index is 12.3. The molecule has 0 aliphatic carbocycles. The van der Waals surface area contributed by atoms with Crippen molar-refractivity contribution in [2.45, 2.75) is 39.2 Å². The van der Waals surface area contributed by atoms with Gasteiger partial charge >= 0.3 is 0 Å². The largest absolute Gasteiger partial charge is 0.497 e. The van der Waals surface area contributed by atoms with Crippen molar-refractivity contribution in [1.82, 2.24) is 5.32 Å². The standard InChI is InChI=1S/C21H26BrNO3/c1-5-19(15-6-9-17(25-4)10-7-15)23-21(24)13-26-20-11-8-16(14(2)3)12-18(20)22/h6-12,14,19H,5,13H2,1-4H3,(H,23,24). The van der Waals surface area contributed by atoms with Gasteiger partial charge in [0.2, 0.25) is 0 Å². The third-order valence-electron chi connectivity index (χ3n) is 4.24. The zero-order chi connectivity index (χ0) is 19.1. The molecule has 4 nitrogen and oxygen atoms in total. The van der Waals surface area contributed by atoms with Crippen molar-refractivity contribution >= 4 is 21.8 Å². The van der Waals surface area contributed by atoms with Gasteiger partial charge in [-0.1, -0.05) is 39.0 Å². The zero-order valence-electron chi connectivity index (χ0n) is 15.7. The highest BCUT2D eigenvalue weighted by molar-refractivity contribution is 9.10. The number of hydrogen-bond donors (Lipinski definition) is 1. The molecule has 2 rings (SSSR count). The summed E-state index contributed by atoms with van der Waals surface area (Å²) in [6, 6.07) is 13.6. The summed E-state index contributed by atoms with van der Waals surface area (Å²) in [7, 11) is 1.64. The molecule has 0 aromatic heterocycles. The maximum Gasteiger partial charge on any atom is 0.258 e. The van der Waals surface area contributed by atoms with Crippen LogP contribution in [0.3, 0.4) is 0 Å². The second kappa shape index (κ2) is 9.62. The Kier molecular flexibility index (Phi) is 7.51. The molecule has 0 saturated heterocycles. The molecule has 1 atom stereocenters. The quantitative estimate of drug-likeness (QED) is 0.637. The average molecular weight is 420 g/mol. The molecule has 2 aromatic carbocycles. The van der Waals surface area contributed by atoms with Gasteiger partial charge in [-0.2, -0.15) is 0 Å². The minimum absolute atomic E-state index is 0.0215. The number of halogens is 1. The number of methoxy groups -OCH3 is 1. The van der Waals surface area contributed by atoms with Crippen LogP contribution in [0.1, 0.15) is 50.3 Å². The van der Waals surface area contributed by atoms with Crippen LogP contribution in [0.15, 0.2) is 46.9 Å². The first-order valence-electron chi connectivity index (χ1n) is 8.80. The first-order chi connectivity index (χ1) is 12.4. The summed E-state index contributed by atoms with van der Waals surface area (Å²) in [5, 5.41) is 3.02. The number of ether oxygens (including phenoxy) is 2. The molecular weight excluding hydrogens is 394 g/mol. The molecule has 0 aliphatic heterocycles. The van der Waals surface area contributed by atoms with E-state index in [0.29, 0.717) is 11.7 Å². The summed E-state index contributed by atoms with van der Waals surface area (Å²) in [6.45, 7) is 6.29. The molecular formula is C21H26BrNO3. The van der Waals surface area contributed by atoms with Gasteiger partial charge in [0.15, 0.2) is 6.61 Å². The molecule has 1 N–H and O–H groups in total. The Morgan fingerprint density at radius 3 is 2.31 bits per heavy atom. The molecule has 0 bridgehead atoms. The lowest BCUT2D eigenvalue weighted by molar-refractivity contribution is -0.123. The van der Waals surface area contributed by atoms with Crippen LogP contribution in [-0.2, 0) is 4.79 Å². The van der Waals surface area contributed by atoms with E-state index in [1.54, 1.807) is 7.11 Å². The molecule has 0 aliphatic rings. The van der Waals surface area contributed by atoms with Gasteiger partial charge in [0.05, 0.1) is 17.6 Å². The van der Waals surface area contributed by atoms with Crippen LogP contribution in [0, 0.1) is 0 Å². The van der Waals surface area contributed by atoms with E-state index >= 15 is 0 Å². The summed E-state index contributed by atoms with van der Waals surface area (Å²) < 4.78 is 11.7. The number of nitrogens with one attached hydrogen (secondary N) is 1. The lowest BCUT2D eigenvalue weighted by Crippen LogP contribution is -2.32. The minimum atomic E-state index is -0.146. The first kappa shape index (κ1) is 20.3. The molecule has 26 heavy (non-hydrogen) atoms. The predicted molar refractivity (Wildman–Crippen MR) is 108 cm³/mol. The van der Waals surface area contributed by atoms with Crippen LogP contribution in [0.2, 0.25) is 0 Å². The summed E-state index contributed by atoms with van der Waals surface area (Å²) in [6.07, 6.45) is 0.796. The SMILES string of the molecule is CCC(NC(=O)COc1ccc(C(C)C)cc1Br)c1ccc(OC)cc1. The normalized spacial score (nSPS) is 11.9. The van der Waals surface area contributed by atoms with Gasteiger partial charge in [-0.25, -0.2) is 0 Å². The van der Waals surface area contributed by atoms with E-state index in [9.17, 15) is 4.79 Å². The van der Waals surface area contributed by atoms with Crippen molar-refractivity contribution in [3.63, 3.8) is 0 Å². The van der Waals surface area contributed by atoms with Gasteiger partial charge in [-0.15, -0.1) is 0 Å². The third kappa shape index (κ3) is 5.49. The molecule has 5 heteroatoms. The van der Waals surface area contributed by atoms with Gasteiger partial charge in [-0.3, -0.25) is 4.79 Å². The van der Waals surface area contributed by atoms with E-state index < -0.39 is 0 Å². The molecule has 0 radical (unpaired) electrons. The highest BCUT2D eigenvalue weighted by Gasteiger charge is 2.14. The molecule has 0 saturated carbocycles. The topological polar surface area (TPSA) is 47.6 Å². The van der Waals surface area contributed by atoms with Crippen molar-refractivity contribution < 1.29 is 14.3 Å². The summed E-state index contributed by atoms with van der Waals surface area (Å²) in [4.78, 5) is 12.3. The van der Waals surface area contributed by atoms with Crippen LogP contribution in [0.5, 0.6) is 11.5 Å². The molecule has 1 unspecified atom stereocenters. The third-order valence-corrected chi connectivity index (χ3v) is 4.86. The monoisotopic (exact) mass is 419 g/mol. The molecule has 140 valence electrons. The Balaban J connectivity index is 1.94. The van der Waals surface area contributed by atoms with Gasteiger partial charge in [0.25, 0.3) is 5.91 Å². The van der Waals surface area contributed by atoms with Crippen molar-refractivity contribution in [2.75, 3.05) is 13.7 Å². The van der Waals surface area contributed by atoms with Crippen LogP contribution < -0.4 is 14.8 Å². The van der Waals surface area contributed by atoms with E-state index in [2.05, 4.69) is 35.1 Å². The fraction of sp³-hybridized carbons (Fsp3) is 0.381. The highest BCUT2D eigenvalue weighted by Crippen LogP contribution is 2.29. The van der Waals surface area contributed by atoms with Crippen LogP contribution >= 0.6 is 15.9 Å². The number of carbonyl (C=O) groups is 1. The summed E-state index contributed by atoms with van der Waals surface area (Å²) in [5.41, 5.74) is 2.27. The van der Waals surface area contributed by atoms with Gasteiger partial charge < -0.3 is 14.8 Å². The lowest BCUT2D eigenvalue weighted by atomic mass is 10.0. The number of rotatable bonds is 8. The van der Waals surface area contributed by atoms with Crippen LogP contribution in [0.4, 0.5) is 0 Å². The van der Waals surface area contributed by atoms with E-state index in [0.717, 1.165) is 22.2 Å². The van der Waals surface area contributed by atoms with Gasteiger partial charge in [0.1, 0.15) is 11.5 Å². The van der Waals surface area contributed by atoms with Crippen molar-refractivity contribution in [2.24, 2.45) is 0 Å².